The molecular weight excluding hydrogens is 436 g/mol. The molecule has 1 atom stereocenters. The topological polar surface area (TPSA) is 62.7 Å². The van der Waals surface area contributed by atoms with E-state index in [2.05, 4.69) is 4.98 Å². The van der Waals surface area contributed by atoms with Gasteiger partial charge in [-0.25, -0.2) is 18.6 Å². The molecule has 0 spiro atoms. The third kappa shape index (κ3) is 4.62. The molecular formula is C23H21F2N3O3S. The van der Waals surface area contributed by atoms with Crippen LogP contribution in [0.1, 0.15) is 18.4 Å². The van der Waals surface area contributed by atoms with E-state index in [1.54, 1.807) is 12.4 Å². The van der Waals surface area contributed by atoms with Gasteiger partial charge in [0.15, 0.2) is 16.8 Å². The number of halogens is 2. The summed E-state index contributed by atoms with van der Waals surface area (Å²) >= 11 is 1.21. The number of carbonyl (C=O) groups excluding carboxylic acids is 2. The van der Waals surface area contributed by atoms with Gasteiger partial charge in [0.25, 0.3) is 5.91 Å². The van der Waals surface area contributed by atoms with Crippen LogP contribution in [0, 0.1) is 11.6 Å². The summed E-state index contributed by atoms with van der Waals surface area (Å²) in [5.41, 5.74) is 1.72. The van der Waals surface area contributed by atoms with Crippen molar-refractivity contribution in [3.05, 3.63) is 71.1 Å². The first-order valence-electron chi connectivity index (χ1n) is 10.1. The summed E-state index contributed by atoms with van der Waals surface area (Å²) in [5, 5.41) is 2.08. The monoisotopic (exact) mass is 457 g/mol. The number of hydrogen-bond acceptors (Lipinski definition) is 5. The fourth-order valence-electron chi connectivity index (χ4n) is 3.57. The summed E-state index contributed by atoms with van der Waals surface area (Å²) in [6.45, 7) is 0.576. The molecule has 0 radical (unpaired) electrons. The molecule has 0 aliphatic carbocycles. The van der Waals surface area contributed by atoms with Crippen LogP contribution in [0.25, 0.3) is 11.3 Å². The van der Waals surface area contributed by atoms with Crippen LogP contribution in [0.3, 0.4) is 0 Å². The lowest BCUT2D eigenvalue weighted by Gasteiger charge is -2.26. The second-order valence-electron chi connectivity index (χ2n) is 7.43. The molecule has 32 heavy (non-hydrogen) atoms. The lowest BCUT2D eigenvalue weighted by Crippen LogP contribution is -2.46. The van der Waals surface area contributed by atoms with Gasteiger partial charge in [-0.2, -0.15) is 0 Å². The van der Waals surface area contributed by atoms with E-state index in [-0.39, 0.29) is 12.5 Å². The predicted molar refractivity (Wildman–Crippen MR) is 117 cm³/mol. The highest BCUT2D eigenvalue weighted by atomic mass is 32.1. The molecule has 0 saturated carbocycles. The van der Waals surface area contributed by atoms with Gasteiger partial charge in [0.1, 0.15) is 12.6 Å². The van der Waals surface area contributed by atoms with E-state index < -0.39 is 23.8 Å². The summed E-state index contributed by atoms with van der Waals surface area (Å²) in [6, 6.07) is 12.2. The third-order valence-electron chi connectivity index (χ3n) is 5.30. The Balaban J connectivity index is 1.43. The second kappa shape index (κ2) is 9.44. The van der Waals surface area contributed by atoms with Crippen LogP contribution < -0.4 is 4.90 Å². The van der Waals surface area contributed by atoms with Gasteiger partial charge in [-0.3, -0.25) is 14.6 Å². The van der Waals surface area contributed by atoms with Gasteiger partial charge in [-0.1, -0.05) is 30.3 Å². The molecule has 2 heterocycles. The van der Waals surface area contributed by atoms with Crippen LogP contribution in [-0.4, -0.2) is 41.5 Å². The van der Waals surface area contributed by atoms with E-state index in [9.17, 15) is 18.4 Å². The number of thiazole rings is 1. The minimum Gasteiger partial charge on any atom is -0.445 e. The highest BCUT2D eigenvalue weighted by molar-refractivity contribution is 7.14. The molecule has 9 heteroatoms. The number of rotatable bonds is 5. The standard InChI is InChI=1S/C23H21F2N3O3S/c1-27(22-26-19(14-32-22)16-9-10-17(24)18(25)12-16)21(29)20-8-5-11-28(20)23(30)31-13-15-6-3-2-4-7-15/h2-4,6-7,9-10,12,14,20H,5,8,11,13H2,1H3. The number of carbonyl (C=O) groups is 2. The maximum atomic E-state index is 13.5. The number of amides is 2. The summed E-state index contributed by atoms with van der Waals surface area (Å²) in [4.78, 5) is 32.9. The average molecular weight is 458 g/mol. The average Bonchev–Trinajstić information content (AvgIpc) is 3.49. The van der Waals surface area contributed by atoms with Crippen molar-refractivity contribution in [1.82, 2.24) is 9.88 Å². The van der Waals surface area contributed by atoms with Crippen LogP contribution in [0.4, 0.5) is 18.7 Å². The first kappa shape index (κ1) is 21.9. The van der Waals surface area contributed by atoms with Crippen molar-refractivity contribution in [3.63, 3.8) is 0 Å². The Morgan fingerprint density at radius 3 is 2.72 bits per heavy atom. The number of aromatic nitrogens is 1. The maximum absolute atomic E-state index is 13.5. The number of likely N-dealkylation sites (tertiary alicyclic amines) is 1. The quantitative estimate of drug-likeness (QED) is 0.549. The molecule has 1 aliphatic heterocycles. The van der Waals surface area contributed by atoms with E-state index in [0.29, 0.717) is 35.8 Å². The van der Waals surface area contributed by atoms with Crippen molar-refractivity contribution >= 4 is 28.5 Å². The van der Waals surface area contributed by atoms with Crippen molar-refractivity contribution < 1.29 is 23.1 Å². The third-order valence-corrected chi connectivity index (χ3v) is 6.22. The molecule has 0 bridgehead atoms. The summed E-state index contributed by atoms with van der Waals surface area (Å²) in [7, 11) is 1.59. The smallest absolute Gasteiger partial charge is 0.410 e. The largest absolute Gasteiger partial charge is 0.445 e. The minimum absolute atomic E-state index is 0.136. The second-order valence-corrected chi connectivity index (χ2v) is 8.27. The van der Waals surface area contributed by atoms with Crippen LogP contribution in [0.15, 0.2) is 53.9 Å². The minimum atomic E-state index is -0.961. The van der Waals surface area contributed by atoms with Crippen molar-refractivity contribution in [2.24, 2.45) is 0 Å². The Bertz CT molecular complexity index is 1120. The maximum Gasteiger partial charge on any atom is 0.410 e. The fraction of sp³-hybridized carbons (Fsp3) is 0.261. The van der Waals surface area contributed by atoms with E-state index in [0.717, 1.165) is 17.7 Å². The lowest BCUT2D eigenvalue weighted by molar-refractivity contribution is -0.122. The zero-order valence-electron chi connectivity index (χ0n) is 17.3. The van der Waals surface area contributed by atoms with Gasteiger partial charge in [0, 0.05) is 24.5 Å². The lowest BCUT2D eigenvalue weighted by atomic mass is 10.2. The Morgan fingerprint density at radius 1 is 1.19 bits per heavy atom. The van der Waals surface area contributed by atoms with Gasteiger partial charge in [-0.15, -0.1) is 11.3 Å². The predicted octanol–water partition coefficient (Wildman–Crippen LogP) is 4.85. The molecule has 3 aromatic rings. The van der Waals surface area contributed by atoms with Gasteiger partial charge >= 0.3 is 6.09 Å². The van der Waals surface area contributed by atoms with E-state index in [1.807, 2.05) is 30.3 Å². The molecule has 1 aromatic heterocycles. The number of nitrogens with zero attached hydrogens (tertiary/aromatic N) is 3. The molecule has 4 rings (SSSR count). The van der Waals surface area contributed by atoms with Crippen LogP contribution in [-0.2, 0) is 16.1 Å². The molecule has 2 aromatic carbocycles. The van der Waals surface area contributed by atoms with Gasteiger partial charge in [-0.05, 0) is 36.6 Å². The van der Waals surface area contributed by atoms with Crippen molar-refractivity contribution in [2.45, 2.75) is 25.5 Å². The van der Waals surface area contributed by atoms with Crippen LogP contribution >= 0.6 is 11.3 Å². The van der Waals surface area contributed by atoms with E-state index >= 15 is 0 Å². The fourth-order valence-corrected chi connectivity index (χ4v) is 4.37. The van der Waals surface area contributed by atoms with Crippen molar-refractivity contribution in [3.8, 4) is 11.3 Å². The first-order valence-corrected chi connectivity index (χ1v) is 11.0. The number of hydrogen-bond donors (Lipinski definition) is 0. The normalized spacial score (nSPS) is 15.6. The first-order chi connectivity index (χ1) is 15.4. The molecule has 1 fully saturated rings. The molecule has 0 N–H and O–H groups in total. The van der Waals surface area contributed by atoms with Crippen LogP contribution in [0.2, 0.25) is 0 Å². The number of ether oxygens (including phenoxy) is 1. The molecule has 6 nitrogen and oxygen atoms in total. The summed E-state index contributed by atoms with van der Waals surface area (Å²) in [6.07, 6.45) is 0.702. The van der Waals surface area contributed by atoms with E-state index in [1.165, 1.54) is 27.2 Å². The summed E-state index contributed by atoms with van der Waals surface area (Å²) < 4.78 is 32.1. The van der Waals surface area contributed by atoms with Crippen molar-refractivity contribution in [1.29, 1.82) is 0 Å². The molecule has 166 valence electrons. The zero-order chi connectivity index (χ0) is 22.7. The SMILES string of the molecule is CN(C(=O)C1CCCN1C(=O)OCc1ccccc1)c1nc(-c2ccc(F)c(F)c2)cs1. The molecule has 2 amide bonds. The highest BCUT2D eigenvalue weighted by Gasteiger charge is 2.37. The number of likely N-dealkylation sites (N-methyl/N-ethyl adjacent to an activating group) is 1. The summed E-state index contributed by atoms with van der Waals surface area (Å²) in [5.74, 6) is -2.17. The Morgan fingerprint density at radius 2 is 1.97 bits per heavy atom. The molecule has 1 aliphatic rings. The van der Waals surface area contributed by atoms with E-state index in [4.69, 9.17) is 4.74 Å². The van der Waals surface area contributed by atoms with Gasteiger partial charge in [0.05, 0.1) is 5.69 Å². The molecule has 1 unspecified atom stereocenters. The highest BCUT2D eigenvalue weighted by Crippen LogP contribution is 2.29. The van der Waals surface area contributed by atoms with Gasteiger partial charge < -0.3 is 4.74 Å². The number of anilines is 1. The number of benzene rings is 2. The Kier molecular flexibility index (Phi) is 6.45. The van der Waals surface area contributed by atoms with Crippen molar-refractivity contribution in [2.75, 3.05) is 18.5 Å². The Labute approximate surface area is 188 Å². The van der Waals surface area contributed by atoms with Gasteiger partial charge in [0.2, 0.25) is 0 Å². The zero-order valence-corrected chi connectivity index (χ0v) is 18.1. The Hall–Kier alpha value is -3.33. The molecule has 1 saturated heterocycles. The van der Waals surface area contributed by atoms with Crippen LogP contribution in [0.5, 0.6) is 0 Å².